The van der Waals surface area contributed by atoms with Crippen LogP contribution >= 0.6 is 11.3 Å². The van der Waals surface area contributed by atoms with Crippen molar-refractivity contribution in [1.82, 2.24) is 0 Å². The van der Waals surface area contributed by atoms with Gasteiger partial charge in [0.15, 0.2) is 0 Å². The molecule has 0 atom stereocenters. The van der Waals surface area contributed by atoms with Crippen LogP contribution < -0.4 is 4.31 Å². The lowest BCUT2D eigenvalue weighted by atomic mass is 10.2. The van der Waals surface area contributed by atoms with Crippen LogP contribution in [0.1, 0.15) is 10.4 Å². The fraction of sp³-hybridized carbons (Fsp3) is 0.154. The molecule has 0 saturated heterocycles. The largest absolute Gasteiger partial charge is 0.465 e. The maximum Gasteiger partial charge on any atom is 0.340 e. The lowest BCUT2D eigenvalue weighted by Gasteiger charge is -2.20. The maximum atomic E-state index is 12.4. The molecule has 0 N–H and O–H groups in total. The van der Waals surface area contributed by atoms with E-state index in [1.54, 1.807) is 29.6 Å². The third kappa shape index (κ3) is 2.54. The van der Waals surface area contributed by atoms with Crippen LogP contribution in [-0.2, 0) is 14.8 Å². The number of anilines is 1. The Morgan fingerprint density at radius 2 is 1.90 bits per heavy atom. The van der Waals surface area contributed by atoms with E-state index in [9.17, 15) is 13.2 Å². The molecule has 20 heavy (non-hydrogen) atoms. The number of para-hydroxylation sites is 1. The summed E-state index contributed by atoms with van der Waals surface area (Å²) in [4.78, 5) is 11.7. The molecule has 0 amide bonds. The highest BCUT2D eigenvalue weighted by atomic mass is 32.2. The Morgan fingerprint density at radius 1 is 1.20 bits per heavy atom. The van der Waals surface area contributed by atoms with E-state index >= 15 is 0 Å². The van der Waals surface area contributed by atoms with E-state index in [1.165, 1.54) is 26.3 Å². The molecular formula is C13H13NO4S2. The number of hydrogen-bond acceptors (Lipinski definition) is 5. The number of methoxy groups -OCH3 is 1. The van der Waals surface area contributed by atoms with E-state index < -0.39 is 16.0 Å². The van der Waals surface area contributed by atoms with Crippen molar-refractivity contribution in [3.63, 3.8) is 0 Å². The monoisotopic (exact) mass is 311 g/mol. The molecule has 7 heteroatoms. The van der Waals surface area contributed by atoms with Crippen molar-refractivity contribution in [2.75, 3.05) is 18.5 Å². The Bertz CT molecular complexity index is 708. The molecule has 2 rings (SSSR count). The number of rotatable bonds is 4. The maximum absolute atomic E-state index is 12.4. The van der Waals surface area contributed by atoms with E-state index in [0.717, 1.165) is 15.6 Å². The molecule has 0 spiro atoms. The first-order valence-corrected chi connectivity index (χ1v) is 8.00. The van der Waals surface area contributed by atoms with Gasteiger partial charge in [-0.25, -0.2) is 13.2 Å². The van der Waals surface area contributed by atoms with Crippen LogP contribution in [0.4, 0.5) is 5.69 Å². The predicted molar refractivity (Wildman–Crippen MR) is 77.7 cm³/mol. The van der Waals surface area contributed by atoms with E-state index in [2.05, 4.69) is 4.74 Å². The number of nitrogens with zero attached hydrogens (tertiary/aromatic N) is 1. The molecule has 0 aliphatic rings. The molecule has 0 fully saturated rings. The summed E-state index contributed by atoms with van der Waals surface area (Å²) in [6.45, 7) is 0. The molecule has 0 aliphatic heterocycles. The first kappa shape index (κ1) is 14.5. The highest BCUT2D eigenvalue weighted by Crippen LogP contribution is 2.28. The zero-order valence-electron chi connectivity index (χ0n) is 10.9. The van der Waals surface area contributed by atoms with Gasteiger partial charge >= 0.3 is 5.97 Å². The SMILES string of the molecule is COC(=O)c1ccccc1N(C)S(=O)(=O)c1cccs1. The van der Waals surface area contributed by atoms with Crippen molar-refractivity contribution in [3.05, 3.63) is 47.3 Å². The fourth-order valence-electron chi connectivity index (χ4n) is 1.71. The smallest absolute Gasteiger partial charge is 0.340 e. The van der Waals surface area contributed by atoms with Crippen molar-refractivity contribution in [2.24, 2.45) is 0 Å². The van der Waals surface area contributed by atoms with Crippen LogP contribution in [0.2, 0.25) is 0 Å². The third-order valence-corrected chi connectivity index (χ3v) is 5.90. The summed E-state index contributed by atoms with van der Waals surface area (Å²) >= 11 is 1.13. The van der Waals surface area contributed by atoms with Crippen molar-refractivity contribution >= 4 is 33.0 Å². The number of ether oxygens (including phenoxy) is 1. The second-order valence-electron chi connectivity index (χ2n) is 3.91. The first-order valence-electron chi connectivity index (χ1n) is 5.68. The highest BCUT2D eigenvalue weighted by Gasteiger charge is 2.25. The first-order chi connectivity index (χ1) is 9.48. The summed E-state index contributed by atoms with van der Waals surface area (Å²) in [5, 5.41) is 1.69. The summed E-state index contributed by atoms with van der Waals surface area (Å²) in [5.41, 5.74) is 0.491. The molecule has 0 saturated carbocycles. The Labute approximate surface area is 121 Å². The van der Waals surface area contributed by atoms with Gasteiger partial charge in [0.05, 0.1) is 18.4 Å². The van der Waals surface area contributed by atoms with Crippen molar-refractivity contribution in [1.29, 1.82) is 0 Å². The van der Waals surface area contributed by atoms with Crippen molar-refractivity contribution in [3.8, 4) is 0 Å². The molecule has 0 aliphatic carbocycles. The number of hydrogen-bond donors (Lipinski definition) is 0. The number of benzene rings is 1. The highest BCUT2D eigenvalue weighted by molar-refractivity contribution is 7.94. The predicted octanol–water partition coefficient (Wildman–Crippen LogP) is 2.36. The zero-order chi connectivity index (χ0) is 14.8. The molecule has 0 radical (unpaired) electrons. The molecule has 1 heterocycles. The van der Waals surface area contributed by atoms with Crippen molar-refractivity contribution in [2.45, 2.75) is 4.21 Å². The van der Waals surface area contributed by atoms with Gasteiger partial charge in [0.1, 0.15) is 4.21 Å². The fourth-order valence-corrected chi connectivity index (χ4v) is 4.08. The topological polar surface area (TPSA) is 63.7 Å². The van der Waals surface area contributed by atoms with Gasteiger partial charge in [-0.3, -0.25) is 4.31 Å². The second-order valence-corrected chi connectivity index (χ2v) is 7.06. The van der Waals surface area contributed by atoms with E-state index in [-0.39, 0.29) is 15.5 Å². The molecule has 106 valence electrons. The summed E-state index contributed by atoms with van der Waals surface area (Å²) in [7, 11) is -0.999. The van der Waals surface area contributed by atoms with Gasteiger partial charge in [-0.05, 0) is 23.6 Å². The van der Waals surface area contributed by atoms with Crippen LogP contribution in [0.5, 0.6) is 0 Å². The van der Waals surface area contributed by atoms with Gasteiger partial charge in [0, 0.05) is 7.05 Å². The van der Waals surface area contributed by atoms with Crippen LogP contribution in [0, 0.1) is 0 Å². The van der Waals surface area contributed by atoms with Crippen LogP contribution in [0.25, 0.3) is 0 Å². The zero-order valence-corrected chi connectivity index (χ0v) is 12.6. The molecule has 0 unspecified atom stereocenters. The summed E-state index contributed by atoms with van der Waals surface area (Å²) < 4.78 is 30.9. The van der Waals surface area contributed by atoms with E-state index in [1.807, 2.05) is 0 Å². The number of thiophene rings is 1. The molecule has 1 aromatic carbocycles. The van der Waals surface area contributed by atoms with Gasteiger partial charge in [-0.1, -0.05) is 18.2 Å². The van der Waals surface area contributed by atoms with Crippen LogP contribution in [0.15, 0.2) is 46.0 Å². The van der Waals surface area contributed by atoms with Crippen LogP contribution in [0.3, 0.4) is 0 Å². The Hall–Kier alpha value is -1.86. The lowest BCUT2D eigenvalue weighted by Crippen LogP contribution is -2.27. The molecule has 5 nitrogen and oxygen atoms in total. The normalized spacial score (nSPS) is 11.1. The summed E-state index contributed by atoms with van der Waals surface area (Å²) in [6.07, 6.45) is 0. The Morgan fingerprint density at radius 3 is 2.50 bits per heavy atom. The van der Waals surface area contributed by atoms with Crippen LogP contribution in [-0.4, -0.2) is 28.5 Å². The molecule has 2 aromatic rings. The minimum absolute atomic E-state index is 0.206. The Kier molecular flexibility index (Phi) is 4.10. The number of sulfonamides is 1. The Balaban J connectivity index is 2.50. The minimum Gasteiger partial charge on any atom is -0.465 e. The summed E-state index contributed by atoms with van der Waals surface area (Å²) in [6, 6.07) is 9.61. The molecule has 0 bridgehead atoms. The summed E-state index contributed by atoms with van der Waals surface area (Å²) in [5.74, 6) is -0.575. The average Bonchev–Trinajstić information content (AvgIpc) is 3.00. The standard InChI is InChI=1S/C13H13NO4S2/c1-14(20(16,17)12-8-5-9-19-12)11-7-4-3-6-10(11)13(15)18-2/h3-9H,1-2H3. The second kappa shape index (κ2) is 5.64. The molecule has 1 aromatic heterocycles. The quantitative estimate of drug-likeness (QED) is 0.813. The van der Waals surface area contributed by atoms with Gasteiger partial charge in [-0.2, -0.15) is 0 Å². The van der Waals surface area contributed by atoms with Crippen molar-refractivity contribution < 1.29 is 17.9 Å². The van der Waals surface area contributed by atoms with E-state index in [0.29, 0.717) is 0 Å². The minimum atomic E-state index is -3.67. The average molecular weight is 311 g/mol. The number of esters is 1. The van der Waals surface area contributed by atoms with Gasteiger partial charge in [-0.15, -0.1) is 11.3 Å². The lowest BCUT2D eigenvalue weighted by molar-refractivity contribution is 0.0601. The molecular weight excluding hydrogens is 298 g/mol. The van der Waals surface area contributed by atoms with Gasteiger partial charge < -0.3 is 4.74 Å². The number of carbonyl (C=O) groups is 1. The van der Waals surface area contributed by atoms with Gasteiger partial charge in [0.25, 0.3) is 10.0 Å². The third-order valence-electron chi connectivity index (χ3n) is 2.76. The van der Waals surface area contributed by atoms with Gasteiger partial charge in [0.2, 0.25) is 0 Å². The van der Waals surface area contributed by atoms with E-state index in [4.69, 9.17) is 0 Å². The number of carbonyl (C=O) groups excluding carboxylic acids is 1.